The van der Waals surface area contributed by atoms with Gasteiger partial charge in [-0.25, -0.2) is 0 Å². The molecular formula is C19H24N2O3. The quantitative estimate of drug-likeness (QED) is 0.808. The molecule has 128 valence electrons. The standard InChI is InChI=1S/C19H24N2O3/c1-23-17-12-16(13-18(14-17)24-2)19(22)21(11-9-20)10-8-15-6-4-3-5-7-15/h3-7,12-14H,8-11,20H2,1-2H3. The summed E-state index contributed by atoms with van der Waals surface area (Å²) >= 11 is 0. The molecule has 0 bridgehead atoms. The second kappa shape index (κ2) is 8.93. The van der Waals surface area contributed by atoms with E-state index in [-0.39, 0.29) is 5.91 Å². The highest BCUT2D eigenvalue weighted by Crippen LogP contribution is 2.23. The molecule has 0 saturated heterocycles. The minimum atomic E-state index is -0.0754. The molecule has 0 unspecified atom stereocenters. The maximum absolute atomic E-state index is 12.9. The van der Waals surface area contributed by atoms with E-state index in [0.717, 1.165) is 6.42 Å². The number of nitrogens with zero attached hydrogens (tertiary/aromatic N) is 1. The van der Waals surface area contributed by atoms with Crippen molar-refractivity contribution in [3.63, 3.8) is 0 Å². The number of carbonyl (C=O) groups excluding carboxylic acids is 1. The van der Waals surface area contributed by atoms with E-state index < -0.39 is 0 Å². The van der Waals surface area contributed by atoms with E-state index in [1.807, 2.05) is 18.2 Å². The molecule has 2 rings (SSSR count). The van der Waals surface area contributed by atoms with Gasteiger partial charge in [0.2, 0.25) is 0 Å². The fourth-order valence-electron chi connectivity index (χ4n) is 2.49. The van der Waals surface area contributed by atoms with Crippen molar-refractivity contribution >= 4 is 5.91 Å². The first-order chi connectivity index (χ1) is 11.7. The number of methoxy groups -OCH3 is 2. The molecule has 2 aromatic carbocycles. The van der Waals surface area contributed by atoms with Gasteiger partial charge in [-0.15, -0.1) is 0 Å². The predicted molar refractivity (Wildman–Crippen MR) is 94.6 cm³/mol. The van der Waals surface area contributed by atoms with Crippen LogP contribution in [0.5, 0.6) is 11.5 Å². The molecule has 5 nitrogen and oxygen atoms in total. The van der Waals surface area contributed by atoms with Gasteiger partial charge in [0, 0.05) is 31.3 Å². The van der Waals surface area contributed by atoms with E-state index in [9.17, 15) is 4.79 Å². The number of nitrogens with two attached hydrogens (primary N) is 1. The summed E-state index contributed by atoms with van der Waals surface area (Å²) in [6, 6.07) is 15.3. The van der Waals surface area contributed by atoms with Crippen LogP contribution in [0.3, 0.4) is 0 Å². The van der Waals surface area contributed by atoms with Crippen molar-refractivity contribution in [2.24, 2.45) is 5.73 Å². The molecule has 0 aliphatic carbocycles. The van der Waals surface area contributed by atoms with Crippen LogP contribution >= 0.6 is 0 Å². The Morgan fingerprint density at radius 3 is 2.17 bits per heavy atom. The lowest BCUT2D eigenvalue weighted by Gasteiger charge is -2.22. The summed E-state index contributed by atoms with van der Waals surface area (Å²) in [5.41, 5.74) is 7.41. The Kier molecular flexibility index (Phi) is 6.63. The predicted octanol–water partition coefficient (Wildman–Crippen LogP) is 2.35. The minimum absolute atomic E-state index is 0.0754. The van der Waals surface area contributed by atoms with E-state index in [2.05, 4.69) is 12.1 Å². The largest absolute Gasteiger partial charge is 0.497 e. The third kappa shape index (κ3) is 4.73. The molecule has 0 radical (unpaired) electrons. The molecule has 0 heterocycles. The summed E-state index contributed by atoms with van der Waals surface area (Å²) in [5, 5.41) is 0. The summed E-state index contributed by atoms with van der Waals surface area (Å²) in [6.45, 7) is 1.53. The van der Waals surface area contributed by atoms with Crippen LogP contribution in [0.15, 0.2) is 48.5 Å². The highest BCUT2D eigenvalue weighted by atomic mass is 16.5. The molecule has 24 heavy (non-hydrogen) atoms. The summed E-state index contributed by atoms with van der Waals surface area (Å²) < 4.78 is 10.5. The first kappa shape index (κ1) is 17.8. The maximum atomic E-state index is 12.9. The van der Waals surface area contributed by atoms with Crippen molar-refractivity contribution in [3.05, 3.63) is 59.7 Å². The van der Waals surface area contributed by atoms with Crippen LogP contribution < -0.4 is 15.2 Å². The average molecular weight is 328 g/mol. The monoisotopic (exact) mass is 328 g/mol. The first-order valence-electron chi connectivity index (χ1n) is 7.94. The van der Waals surface area contributed by atoms with Gasteiger partial charge in [0.05, 0.1) is 14.2 Å². The summed E-state index contributed by atoms with van der Waals surface area (Å²) in [5.74, 6) is 1.11. The Hall–Kier alpha value is -2.53. The lowest BCUT2D eigenvalue weighted by Crippen LogP contribution is -2.37. The van der Waals surface area contributed by atoms with Gasteiger partial charge in [0.25, 0.3) is 5.91 Å². The van der Waals surface area contributed by atoms with Gasteiger partial charge in [0.1, 0.15) is 11.5 Å². The fourth-order valence-corrected chi connectivity index (χ4v) is 2.49. The van der Waals surface area contributed by atoms with E-state index in [0.29, 0.717) is 36.7 Å². The van der Waals surface area contributed by atoms with Gasteiger partial charge in [-0.1, -0.05) is 30.3 Å². The number of hydrogen-bond donors (Lipinski definition) is 1. The molecule has 0 aromatic heterocycles. The normalized spacial score (nSPS) is 10.3. The molecule has 5 heteroatoms. The third-order valence-corrected chi connectivity index (χ3v) is 3.80. The number of amides is 1. The number of ether oxygens (including phenoxy) is 2. The van der Waals surface area contributed by atoms with Crippen LogP contribution in [0, 0.1) is 0 Å². The molecule has 0 spiro atoms. The highest BCUT2D eigenvalue weighted by molar-refractivity contribution is 5.95. The molecule has 2 aromatic rings. The van der Waals surface area contributed by atoms with E-state index in [4.69, 9.17) is 15.2 Å². The van der Waals surface area contributed by atoms with E-state index in [1.165, 1.54) is 5.56 Å². The van der Waals surface area contributed by atoms with Crippen molar-refractivity contribution in [1.82, 2.24) is 4.90 Å². The highest BCUT2D eigenvalue weighted by Gasteiger charge is 2.17. The van der Waals surface area contributed by atoms with Crippen LogP contribution in [0.2, 0.25) is 0 Å². The van der Waals surface area contributed by atoms with E-state index in [1.54, 1.807) is 37.3 Å². The number of rotatable bonds is 8. The van der Waals surface area contributed by atoms with Crippen molar-refractivity contribution in [1.29, 1.82) is 0 Å². The van der Waals surface area contributed by atoms with Gasteiger partial charge in [-0.3, -0.25) is 4.79 Å². The number of benzene rings is 2. The zero-order valence-corrected chi connectivity index (χ0v) is 14.2. The first-order valence-corrected chi connectivity index (χ1v) is 7.94. The Morgan fingerprint density at radius 1 is 1.00 bits per heavy atom. The zero-order chi connectivity index (χ0) is 17.4. The van der Waals surface area contributed by atoms with Gasteiger partial charge in [-0.05, 0) is 24.1 Å². The SMILES string of the molecule is COc1cc(OC)cc(C(=O)N(CCN)CCc2ccccc2)c1. The molecule has 0 saturated carbocycles. The Balaban J connectivity index is 2.16. The van der Waals surface area contributed by atoms with E-state index >= 15 is 0 Å². The minimum Gasteiger partial charge on any atom is -0.497 e. The van der Waals surface area contributed by atoms with Crippen molar-refractivity contribution in [2.45, 2.75) is 6.42 Å². The van der Waals surface area contributed by atoms with Crippen LogP contribution in [-0.2, 0) is 6.42 Å². The molecule has 0 aliphatic rings. The molecule has 0 aliphatic heterocycles. The van der Waals surface area contributed by atoms with Gasteiger partial charge >= 0.3 is 0 Å². The van der Waals surface area contributed by atoms with Gasteiger partial charge < -0.3 is 20.1 Å². The molecule has 0 fully saturated rings. The van der Waals surface area contributed by atoms with Crippen LogP contribution in [0.25, 0.3) is 0 Å². The maximum Gasteiger partial charge on any atom is 0.254 e. The molecule has 1 amide bonds. The number of hydrogen-bond acceptors (Lipinski definition) is 4. The summed E-state index contributed by atoms with van der Waals surface area (Å²) in [7, 11) is 3.13. The lowest BCUT2D eigenvalue weighted by atomic mass is 10.1. The smallest absolute Gasteiger partial charge is 0.254 e. The summed E-state index contributed by atoms with van der Waals surface area (Å²) in [6.07, 6.45) is 0.785. The van der Waals surface area contributed by atoms with Crippen LogP contribution in [-0.4, -0.2) is 44.7 Å². The molecule has 2 N–H and O–H groups in total. The fraction of sp³-hybridized carbons (Fsp3) is 0.316. The second-order valence-corrected chi connectivity index (χ2v) is 5.42. The Labute approximate surface area is 143 Å². The van der Waals surface area contributed by atoms with Crippen molar-refractivity contribution in [3.8, 4) is 11.5 Å². The van der Waals surface area contributed by atoms with Gasteiger partial charge in [0.15, 0.2) is 0 Å². The van der Waals surface area contributed by atoms with Crippen molar-refractivity contribution < 1.29 is 14.3 Å². The van der Waals surface area contributed by atoms with Crippen LogP contribution in [0.1, 0.15) is 15.9 Å². The third-order valence-electron chi connectivity index (χ3n) is 3.80. The lowest BCUT2D eigenvalue weighted by molar-refractivity contribution is 0.0761. The number of carbonyl (C=O) groups is 1. The average Bonchev–Trinajstić information content (AvgIpc) is 2.64. The summed E-state index contributed by atoms with van der Waals surface area (Å²) in [4.78, 5) is 14.6. The molecule has 0 atom stereocenters. The molecular weight excluding hydrogens is 304 g/mol. The second-order valence-electron chi connectivity index (χ2n) is 5.42. The zero-order valence-electron chi connectivity index (χ0n) is 14.2. The topological polar surface area (TPSA) is 64.8 Å². The van der Waals surface area contributed by atoms with Crippen molar-refractivity contribution in [2.75, 3.05) is 33.9 Å². The Morgan fingerprint density at radius 2 is 1.62 bits per heavy atom. The van der Waals surface area contributed by atoms with Gasteiger partial charge in [-0.2, -0.15) is 0 Å². The van der Waals surface area contributed by atoms with Crippen LogP contribution in [0.4, 0.5) is 0 Å². The Bertz CT molecular complexity index is 637.